The fraction of sp³-hybridized carbons (Fsp3) is 0.632. The monoisotopic (exact) mass is 331 g/mol. The zero-order valence-corrected chi connectivity index (χ0v) is 14.6. The molecule has 1 aromatic rings. The van der Waals surface area contributed by atoms with Crippen LogP contribution in [0.2, 0.25) is 0 Å². The first-order valence-corrected chi connectivity index (χ1v) is 9.15. The zero-order valence-electron chi connectivity index (χ0n) is 14.6. The van der Waals surface area contributed by atoms with E-state index in [1.54, 1.807) is 0 Å². The first-order chi connectivity index (χ1) is 11.7. The third-order valence-corrected chi connectivity index (χ3v) is 5.47. The van der Waals surface area contributed by atoms with Crippen LogP contribution in [0.25, 0.3) is 0 Å². The van der Waals surface area contributed by atoms with E-state index in [4.69, 9.17) is 0 Å². The van der Waals surface area contributed by atoms with E-state index in [1.165, 1.54) is 11.1 Å². The summed E-state index contributed by atoms with van der Waals surface area (Å²) in [7, 11) is 0. The van der Waals surface area contributed by atoms with Crippen molar-refractivity contribution in [1.82, 2.24) is 15.1 Å². The number of likely N-dealkylation sites (tertiary alicyclic amines) is 1. The highest BCUT2D eigenvalue weighted by atomic mass is 16.3. The minimum Gasteiger partial charge on any atom is -0.396 e. The summed E-state index contributed by atoms with van der Waals surface area (Å²) in [6.07, 6.45) is 3.02. The van der Waals surface area contributed by atoms with Gasteiger partial charge in [-0.05, 0) is 30.4 Å². The lowest BCUT2D eigenvalue weighted by molar-refractivity contribution is 0.162. The van der Waals surface area contributed by atoms with Gasteiger partial charge in [0.1, 0.15) is 0 Å². The number of fused-ring (bicyclic) bond motifs is 1. The van der Waals surface area contributed by atoms with E-state index in [0.717, 1.165) is 38.9 Å². The van der Waals surface area contributed by atoms with E-state index >= 15 is 0 Å². The number of urea groups is 1. The van der Waals surface area contributed by atoms with Crippen LogP contribution in [-0.4, -0.2) is 59.8 Å². The molecule has 2 heterocycles. The quantitative estimate of drug-likeness (QED) is 0.866. The number of aliphatic hydroxyl groups excluding tert-OH is 1. The van der Waals surface area contributed by atoms with E-state index in [1.807, 2.05) is 4.90 Å². The van der Waals surface area contributed by atoms with Crippen molar-refractivity contribution in [3.8, 4) is 0 Å². The molecule has 0 saturated carbocycles. The Kier molecular flexibility index (Phi) is 5.74. The summed E-state index contributed by atoms with van der Waals surface area (Å²) in [6.45, 7) is 6.52. The molecule has 24 heavy (non-hydrogen) atoms. The maximum absolute atomic E-state index is 12.3. The van der Waals surface area contributed by atoms with Crippen molar-refractivity contribution in [1.29, 1.82) is 0 Å². The Balaban J connectivity index is 1.51. The Bertz CT molecular complexity index is 563. The molecule has 132 valence electrons. The van der Waals surface area contributed by atoms with Gasteiger partial charge in [-0.25, -0.2) is 4.79 Å². The molecular formula is C19H29N3O2. The SMILES string of the molecule is CCC(CNC(=O)N1CCC(CO)C1)N1CCc2ccccc2C1. The lowest BCUT2D eigenvalue weighted by Gasteiger charge is -2.35. The summed E-state index contributed by atoms with van der Waals surface area (Å²) in [6, 6.07) is 9.05. The Labute approximate surface area is 144 Å². The van der Waals surface area contributed by atoms with Crippen molar-refractivity contribution < 1.29 is 9.90 Å². The lowest BCUT2D eigenvalue weighted by atomic mass is 9.98. The molecule has 2 amide bonds. The van der Waals surface area contributed by atoms with E-state index < -0.39 is 0 Å². The first-order valence-electron chi connectivity index (χ1n) is 9.15. The van der Waals surface area contributed by atoms with Crippen LogP contribution in [0.4, 0.5) is 4.79 Å². The molecule has 1 aromatic carbocycles. The molecule has 0 radical (unpaired) electrons. The zero-order chi connectivity index (χ0) is 16.9. The van der Waals surface area contributed by atoms with Crippen LogP contribution in [0.15, 0.2) is 24.3 Å². The molecule has 0 bridgehead atoms. The van der Waals surface area contributed by atoms with Crippen molar-refractivity contribution in [3.63, 3.8) is 0 Å². The Morgan fingerprint density at radius 1 is 1.33 bits per heavy atom. The van der Waals surface area contributed by atoms with Crippen molar-refractivity contribution in [2.45, 2.75) is 38.8 Å². The summed E-state index contributed by atoms with van der Waals surface area (Å²) in [5.74, 6) is 0.247. The van der Waals surface area contributed by atoms with Crippen LogP contribution >= 0.6 is 0 Å². The van der Waals surface area contributed by atoms with E-state index in [2.05, 4.69) is 41.4 Å². The van der Waals surface area contributed by atoms with Crippen LogP contribution in [0, 0.1) is 5.92 Å². The van der Waals surface area contributed by atoms with Crippen LogP contribution in [0.3, 0.4) is 0 Å². The molecule has 2 N–H and O–H groups in total. The molecule has 2 aliphatic rings. The number of amides is 2. The first kappa shape index (κ1) is 17.2. The van der Waals surface area contributed by atoms with Gasteiger partial charge >= 0.3 is 6.03 Å². The summed E-state index contributed by atoms with van der Waals surface area (Å²) < 4.78 is 0. The third-order valence-electron chi connectivity index (χ3n) is 5.47. The van der Waals surface area contributed by atoms with Gasteiger partial charge in [0.05, 0.1) is 0 Å². The molecule has 0 aromatic heterocycles. The van der Waals surface area contributed by atoms with Gasteiger partial charge in [-0.3, -0.25) is 4.90 Å². The number of carbonyl (C=O) groups is 1. The molecule has 2 unspecified atom stereocenters. The maximum atomic E-state index is 12.3. The molecular weight excluding hydrogens is 302 g/mol. The van der Waals surface area contributed by atoms with Crippen molar-refractivity contribution in [2.24, 2.45) is 5.92 Å². The molecule has 5 heteroatoms. The predicted octanol–water partition coefficient (Wildman–Crippen LogP) is 1.85. The Hall–Kier alpha value is -1.59. The highest BCUT2D eigenvalue weighted by molar-refractivity contribution is 5.74. The van der Waals surface area contributed by atoms with Gasteiger partial charge in [0.25, 0.3) is 0 Å². The van der Waals surface area contributed by atoms with Gasteiger partial charge < -0.3 is 15.3 Å². The number of aliphatic hydroxyl groups is 1. The summed E-state index contributed by atoms with van der Waals surface area (Å²) >= 11 is 0. The van der Waals surface area contributed by atoms with Crippen LogP contribution in [-0.2, 0) is 13.0 Å². The number of hydrogen-bond donors (Lipinski definition) is 2. The van der Waals surface area contributed by atoms with Gasteiger partial charge in [-0.1, -0.05) is 31.2 Å². The second-order valence-electron chi connectivity index (χ2n) is 7.02. The van der Waals surface area contributed by atoms with Crippen molar-refractivity contribution >= 4 is 6.03 Å². The number of nitrogens with zero attached hydrogens (tertiary/aromatic N) is 2. The molecule has 1 saturated heterocycles. The van der Waals surface area contributed by atoms with Crippen molar-refractivity contribution in [2.75, 3.05) is 32.8 Å². The molecule has 1 fully saturated rings. The average molecular weight is 331 g/mol. The minimum atomic E-state index is 0.0156. The normalized spacial score (nSPS) is 22.2. The predicted molar refractivity (Wildman–Crippen MR) is 94.8 cm³/mol. The summed E-state index contributed by atoms with van der Waals surface area (Å²) in [5.41, 5.74) is 2.87. The number of carbonyl (C=O) groups excluding carboxylic acids is 1. The molecule has 5 nitrogen and oxygen atoms in total. The standard InChI is InChI=1S/C19H29N3O2/c1-2-18(11-20-19(24)22-9-7-15(12-22)14-23)21-10-8-16-5-3-4-6-17(16)13-21/h3-6,15,18,23H,2,7-14H2,1H3,(H,20,24). The minimum absolute atomic E-state index is 0.0156. The van der Waals surface area contributed by atoms with Gasteiger partial charge in [0.15, 0.2) is 0 Å². The van der Waals surface area contributed by atoms with Gasteiger partial charge in [0.2, 0.25) is 0 Å². The number of nitrogens with one attached hydrogen (secondary N) is 1. The van der Waals surface area contributed by atoms with Crippen LogP contribution in [0.1, 0.15) is 30.9 Å². The van der Waals surface area contributed by atoms with Gasteiger partial charge in [0, 0.05) is 51.3 Å². The van der Waals surface area contributed by atoms with Crippen LogP contribution < -0.4 is 5.32 Å². The molecule has 0 spiro atoms. The number of hydrogen-bond acceptors (Lipinski definition) is 3. The number of rotatable bonds is 5. The van der Waals surface area contributed by atoms with E-state index in [9.17, 15) is 9.90 Å². The smallest absolute Gasteiger partial charge is 0.317 e. The van der Waals surface area contributed by atoms with Gasteiger partial charge in [-0.15, -0.1) is 0 Å². The molecule has 3 rings (SSSR count). The maximum Gasteiger partial charge on any atom is 0.317 e. The highest BCUT2D eigenvalue weighted by Gasteiger charge is 2.27. The molecule has 2 aliphatic heterocycles. The number of benzene rings is 1. The van der Waals surface area contributed by atoms with Crippen LogP contribution in [0.5, 0.6) is 0 Å². The Morgan fingerprint density at radius 3 is 2.83 bits per heavy atom. The Morgan fingerprint density at radius 2 is 2.12 bits per heavy atom. The summed E-state index contributed by atoms with van der Waals surface area (Å²) in [4.78, 5) is 16.6. The largest absolute Gasteiger partial charge is 0.396 e. The van der Waals surface area contributed by atoms with E-state index in [-0.39, 0.29) is 18.6 Å². The topological polar surface area (TPSA) is 55.8 Å². The van der Waals surface area contributed by atoms with Crippen molar-refractivity contribution in [3.05, 3.63) is 35.4 Å². The summed E-state index contributed by atoms with van der Waals surface area (Å²) in [5, 5.41) is 12.3. The third kappa shape index (κ3) is 3.90. The average Bonchev–Trinajstić information content (AvgIpc) is 3.11. The molecule has 0 aliphatic carbocycles. The highest BCUT2D eigenvalue weighted by Crippen LogP contribution is 2.21. The second-order valence-corrected chi connectivity index (χ2v) is 7.02. The fourth-order valence-corrected chi connectivity index (χ4v) is 3.84. The second kappa shape index (κ2) is 7.99. The van der Waals surface area contributed by atoms with E-state index in [0.29, 0.717) is 19.1 Å². The molecule has 2 atom stereocenters. The van der Waals surface area contributed by atoms with Gasteiger partial charge in [-0.2, -0.15) is 0 Å². The lowest BCUT2D eigenvalue weighted by Crippen LogP contribution is -2.48. The fourth-order valence-electron chi connectivity index (χ4n) is 3.84.